The van der Waals surface area contributed by atoms with Crippen LogP contribution in [0.1, 0.15) is 16.1 Å². The Morgan fingerprint density at radius 3 is 2.93 bits per heavy atom. The van der Waals surface area contributed by atoms with E-state index in [4.69, 9.17) is 5.11 Å². The van der Waals surface area contributed by atoms with E-state index in [-0.39, 0.29) is 5.56 Å². The van der Waals surface area contributed by atoms with Crippen molar-refractivity contribution in [3.8, 4) is 0 Å². The van der Waals surface area contributed by atoms with Gasteiger partial charge in [0.05, 0.1) is 11.3 Å². The Kier molecular flexibility index (Phi) is 2.17. The van der Waals surface area contributed by atoms with E-state index in [1.165, 1.54) is 12.3 Å². The minimum atomic E-state index is -0.937. The molecule has 0 radical (unpaired) electrons. The Hall–Kier alpha value is -1.49. The lowest BCUT2D eigenvalue weighted by Gasteiger charge is -1.95. The molecule has 5 heteroatoms. The molecular formula is C9H8N2O2S. The van der Waals surface area contributed by atoms with Crippen LogP contribution in [-0.4, -0.2) is 20.5 Å². The standard InChI is InChI=1S/C9H8N2O2S/c12-9(13)6-1-2-8-10-7(5-14)4-11(8)3-6/h1-4,14H,5H2,(H,12,13). The van der Waals surface area contributed by atoms with Crippen LogP contribution in [0, 0.1) is 0 Å². The molecule has 2 rings (SSSR count). The van der Waals surface area contributed by atoms with Gasteiger partial charge in [-0.25, -0.2) is 9.78 Å². The molecule has 0 unspecified atom stereocenters. The van der Waals surface area contributed by atoms with Crippen LogP contribution < -0.4 is 0 Å². The number of fused-ring (bicyclic) bond motifs is 1. The molecule has 4 nitrogen and oxygen atoms in total. The van der Waals surface area contributed by atoms with Gasteiger partial charge < -0.3 is 9.51 Å². The summed E-state index contributed by atoms with van der Waals surface area (Å²) in [5, 5.41) is 8.76. The summed E-state index contributed by atoms with van der Waals surface area (Å²) in [5.41, 5.74) is 1.82. The highest BCUT2D eigenvalue weighted by Crippen LogP contribution is 2.09. The molecule has 0 fully saturated rings. The lowest BCUT2D eigenvalue weighted by molar-refractivity contribution is 0.0696. The molecule has 0 spiro atoms. The third-order valence-electron chi connectivity index (χ3n) is 1.91. The molecule has 0 aliphatic heterocycles. The van der Waals surface area contributed by atoms with Crippen LogP contribution in [0.5, 0.6) is 0 Å². The Balaban J connectivity index is 2.59. The van der Waals surface area contributed by atoms with Crippen LogP contribution in [0.4, 0.5) is 0 Å². The average Bonchev–Trinajstić information content (AvgIpc) is 2.58. The number of carboxylic acid groups (broad SMARTS) is 1. The van der Waals surface area contributed by atoms with E-state index < -0.39 is 5.97 Å². The lowest BCUT2D eigenvalue weighted by atomic mass is 10.3. The molecular weight excluding hydrogens is 200 g/mol. The monoisotopic (exact) mass is 208 g/mol. The van der Waals surface area contributed by atoms with Crippen molar-refractivity contribution in [1.82, 2.24) is 9.38 Å². The summed E-state index contributed by atoms with van der Waals surface area (Å²) < 4.78 is 1.69. The molecule has 0 saturated carbocycles. The van der Waals surface area contributed by atoms with Gasteiger partial charge >= 0.3 is 5.97 Å². The third-order valence-corrected chi connectivity index (χ3v) is 2.23. The Morgan fingerprint density at radius 1 is 1.50 bits per heavy atom. The number of carboxylic acids is 1. The summed E-state index contributed by atoms with van der Waals surface area (Å²) >= 11 is 4.09. The van der Waals surface area contributed by atoms with E-state index in [0.29, 0.717) is 5.75 Å². The van der Waals surface area contributed by atoms with Gasteiger partial charge in [0.25, 0.3) is 0 Å². The quantitative estimate of drug-likeness (QED) is 0.735. The molecule has 0 saturated heterocycles. The predicted octanol–water partition coefficient (Wildman–Crippen LogP) is 1.46. The van der Waals surface area contributed by atoms with Gasteiger partial charge in [0.15, 0.2) is 0 Å². The number of thiol groups is 1. The zero-order valence-corrected chi connectivity index (χ0v) is 8.11. The highest BCUT2D eigenvalue weighted by molar-refractivity contribution is 7.79. The van der Waals surface area contributed by atoms with Crippen molar-refractivity contribution in [3.05, 3.63) is 35.8 Å². The molecule has 0 bridgehead atoms. The summed E-state index contributed by atoms with van der Waals surface area (Å²) in [6, 6.07) is 3.21. The van der Waals surface area contributed by atoms with E-state index in [1.807, 2.05) is 0 Å². The second kappa shape index (κ2) is 3.34. The van der Waals surface area contributed by atoms with Crippen molar-refractivity contribution >= 4 is 24.2 Å². The largest absolute Gasteiger partial charge is 0.478 e. The highest BCUT2D eigenvalue weighted by atomic mass is 32.1. The van der Waals surface area contributed by atoms with Gasteiger partial charge in [0.1, 0.15) is 5.65 Å². The van der Waals surface area contributed by atoms with Crippen molar-refractivity contribution in [3.63, 3.8) is 0 Å². The number of pyridine rings is 1. The number of imidazole rings is 1. The molecule has 2 heterocycles. The minimum absolute atomic E-state index is 0.251. The van der Waals surface area contributed by atoms with E-state index in [2.05, 4.69) is 17.6 Å². The van der Waals surface area contributed by atoms with Gasteiger partial charge in [-0.15, -0.1) is 0 Å². The van der Waals surface area contributed by atoms with E-state index in [0.717, 1.165) is 11.3 Å². The molecule has 2 aromatic heterocycles. The smallest absolute Gasteiger partial charge is 0.337 e. The number of hydrogen-bond donors (Lipinski definition) is 2. The minimum Gasteiger partial charge on any atom is -0.478 e. The van der Waals surface area contributed by atoms with Crippen molar-refractivity contribution in [1.29, 1.82) is 0 Å². The highest BCUT2D eigenvalue weighted by Gasteiger charge is 2.05. The van der Waals surface area contributed by atoms with Crippen molar-refractivity contribution in [2.45, 2.75) is 5.75 Å². The topological polar surface area (TPSA) is 54.6 Å². The number of aromatic carboxylic acids is 1. The normalized spacial score (nSPS) is 10.6. The molecule has 0 aliphatic rings. The molecule has 2 aromatic rings. The molecule has 0 atom stereocenters. The molecule has 0 aromatic carbocycles. The number of hydrogen-bond acceptors (Lipinski definition) is 3. The second-order valence-electron chi connectivity index (χ2n) is 2.88. The summed E-state index contributed by atoms with van der Waals surface area (Å²) in [6.45, 7) is 0. The van der Waals surface area contributed by atoms with Crippen LogP contribution in [0.25, 0.3) is 5.65 Å². The maximum Gasteiger partial charge on any atom is 0.337 e. The fourth-order valence-electron chi connectivity index (χ4n) is 1.25. The summed E-state index contributed by atoms with van der Waals surface area (Å²) in [5.74, 6) is -0.391. The van der Waals surface area contributed by atoms with Gasteiger partial charge in [0, 0.05) is 18.1 Å². The van der Waals surface area contributed by atoms with Gasteiger partial charge in [-0.2, -0.15) is 12.6 Å². The molecule has 14 heavy (non-hydrogen) atoms. The van der Waals surface area contributed by atoms with Crippen LogP contribution >= 0.6 is 12.6 Å². The van der Waals surface area contributed by atoms with Crippen LogP contribution in [0.3, 0.4) is 0 Å². The predicted molar refractivity (Wildman–Crippen MR) is 54.8 cm³/mol. The van der Waals surface area contributed by atoms with E-state index in [1.54, 1.807) is 16.7 Å². The van der Waals surface area contributed by atoms with Crippen LogP contribution in [0.2, 0.25) is 0 Å². The molecule has 0 aliphatic carbocycles. The van der Waals surface area contributed by atoms with E-state index >= 15 is 0 Å². The molecule has 1 N–H and O–H groups in total. The molecule has 0 amide bonds. The first-order chi connectivity index (χ1) is 6.70. The maximum absolute atomic E-state index is 10.7. The Labute approximate surface area is 85.6 Å². The lowest BCUT2D eigenvalue weighted by Crippen LogP contribution is -1.97. The number of rotatable bonds is 2. The van der Waals surface area contributed by atoms with Gasteiger partial charge in [0.2, 0.25) is 0 Å². The second-order valence-corrected chi connectivity index (χ2v) is 3.19. The fourth-order valence-corrected chi connectivity index (χ4v) is 1.40. The van der Waals surface area contributed by atoms with Crippen molar-refractivity contribution in [2.24, 2.45) is 0 Å². The van der Waals surface area contributed by atoms with Crippen LogP contribution in [-0.2, 0) is 5.75 Å². The number of carbonyl (C=O) groups is 1. The SMILES string of the molecule is O=C(O)c1ccc2nc(CS)cn2c1. The van der Waals surface area contributed by atoms with Crippen molar-refractivity contribution < 1.29 is 9.90 Å². The number of nitrogens with zero attached hydrogens (tertiary/aromatic N) is 2. The maximum atomic E-state index is 10.7. The zero-order chi connectivity index (χ0) is 10.1. The first-order valence-corrected chi connectivity index (χ1v) is 4.66. The fraction of sp³-hybridized carbons (Fsp3) is 0.111. The van der Waals surface area contributed by atoms with Crippen molar-refractivity contribution in [2.75, 3.05) is 0 Å². The average molecular weight is 208 g/mol. The first kappa shape index (κ1) is 9.08. The van der Waals surface area contributed by atoms with Gasteiger partial charge in [-0.1, -0.05) is 0 Å². The van der Waals surface area contributed by atoms with Gasteiger partial charge in [-0.3, -0.25) is 0 Å². The zero-order valence-electron chi connectivity index (χ0n) is 7.21. The third kappa shape index (κ3) is 1.46. The molecule has 72 valence electrons. The Bertz CT molecular complexity index is 493. The van der Waals surface area contributed by atoms with Crippen LogP contribution in [0.15, 0.2) is 24.5 Å². The van der Waals surface area contributed by atoms with Gasteiger partial charge in [-0.05, 0) is 12.1 Å². The summed E-state index contributed by atoms with van der Waals surface area (Å²) in [7, 11) is 0. The first-order valence-electron chi connectivity index (χ1n) is 4.02. The summed E-state index contributed by atoms with van der Waals surface area (Å²) in [6.07, 6.45) is 3.31. The Morgan fingerprint density at radius 2 is 2.29 bits per heavy atom. The number of aromatic nitrogens is 2. The van der Waals surface area contributed by atoms with E-state index in [9.17, 15) is 4.79 Å². The summed E-state index contributed by atoms with van der Waals surface area (Å²) in [4.78, 5) is 14.9.